The average Bonchev–Trinajstić information content (AvgIpc) is 3.26. The number of fused-ring (bicyclic) bond motifs is 1. The molecule has 2 aromatic heterocycles. The number of aromatic nitrogens is 4. The number of nitrogens with zero attached hydrogens (tertiary/aromatic N) is 8. The molecule has 0 atom stereocenters. The van der Waals surface area contributed by atoms with Gasteiger partial charge in [0.15, 0.2) is 5.82 Å². The van der Waals surface area contributed by atoms with E-state index in [1.54, 1.807) is 34.1 Å². The maximum absolute atomic E-state index is 15.0. The number of halogens is 3. The van der Waals surface area contributed by atoms with Crippen LogP contribution in [0.1, 0.15) is 44.8 Å². The van der Waals surface area contributed by atoms with E-state index in [-0.39, 0.29) is 35.0 Å². The molecule has 0 bridgehead atoms. The first kappa shape index (κ1) is 39.8. The average molecular weight is 808 g/mol. The highest BCUT2D eigenvalue weighted by atomic mass is 19.1. The molecule has 3 saturated heterocycles. The first-order valence-corrected chi connectivity index (χ1v) is 19.9. The van der Waals surface area contributed by atoms with Gasteiger partial charge in [-0.25, -0.2) is 28.2 Å². The zero-order valence-corrected chi connectivity index (χ0v) is 32.5. The van der Waals surface area contributed by atoms with Crippen molar-refractivity contribution in [1.29, 1.82) is 0 Å². The smallest absolute Gasteiger partial charge is 0.272 e. The van der Waals surface area contributed by atoms with E-state index in [1.165, 1.54) is 29.4 Å². The summed E-state index contributed by atoms with van der Waals surface area (Å²) in [5.74, 6) is -3.08. The summed E-state index contributed by atoms with van der Waals surface area (Å²) in [5, 5.41) is 7.92. The number of amides is 3. The Morgan fingerprint density at radius 2 is 1.31 bits per heavy atom. The molecule has 0 unspecified atom stereocenters. The second-order valence-electron chi connectivity index (χ2n) is 15.4. The molecule has 3 aromatic carbocycles. The molecule has 0 spiro atoms. The quantitative estimate of drug-likeness (QED) is 0.236. The molecule has 5 heterocycles. The van der Waals surface area contributed by atoms with Crippen molar-refractivity contribution < 1.29 is 27.6 Å². The van der Waals surface area contributed by atoms with Gasteiger partial charge in [-0.15, -0.1) is 0 Å². The molecule has 1 N–H and O–H groups in total. The minimum atomic E-state index is -0.934. The molecule has 59 heavy (non-hydrogen) atoms. The molecule has 0 radical (unpaired) electrons. The van der Waals surface area contributed by atoms with Crippen molar-refractivity contribution in [3.8, 4) is 11.4 Å². The van der Waals surface area contributed by atoms with Crippen molar-refractivity contribution in [3.05, 3.63) is 123 Å². The predicted octanol–water partition coefficient (Wildman–Crippen LogP) is 3.84. The third kappa shape index (κ3) is 8.88. The number of H-pyrrole nitrogens is 1. The molecule has 0 aliphatic carbocycles. The van der Waals surface area contributed by atoms with Crippen molar-refractivity contribution in [1.82, 2.24) is 44.7 Å². The lowest BCUT2D eigenvalue weighted by molar-refractivity contribution is -0.134. The minimum Gasteiger partial charge on any atom is -0.338 e. The molecule has 3 amide bonds. The molecule has 8 rings (SSSR count). The summed E-state index contributed by atoms with van der Waals surface area (Å²) in [6.45, 7) is 6.27. The lowest BCUT2D eigenvalue weighted by atomic mass is 9.95. The van der Waals surface area contributed by atoms with Crippen LogP contribution in [0.3, 0.4) is 0 Å². The number of piperidine rings is 1. The first-order chi connectivity index (χ1) is 28.6. The number of benzene rings is 3. The highest BCUT2D eigenvalue weighted by molar-refractivity contribution is 5.96. The van der Waals surface area contributed by atoms with Gasteiger partial charge in [0, 0.05) is 102 Å². The molecular weight excluding hydrogens is 764 g/mol. The normalized spacial score (nSPS) is 17.1. The Morgan fingerprint density at radius 1 is 0.678 bits per heavy atom. The number of hydrogen-bond acceptors (Lipinski definition) is 9. The second kappa shape index (κ2) is 17.5. The van der Waals surface area contributed by atoms with Crippen LogP contribution in [0.2, 0.25) is 0 Å². The molecule has 3 aliphatic heterocycles. The minimum absolute atomic E-state index is 0.00712. The summed E-state index contributed by atoms with van der Waals surface area (Å²) in [4.78, 5) is 69.6. The SMILES string of the molecule is O=C(CN1CCN(CC2CCN(C(=O)c3c(F)cc(-c4ncccn4)cc3F)CC2)CC1)N1CCN(C(=O)c2cc(Cc3n[nH]c(=O)c4ccccc34)ccc2F)CC1. The number of rotatable bonds is 9. The van der Waals surface area contributed by atoms with Crippen molar-refractivity contribution in [2.24, 2.45) is 5.92 Å². The third-order valence-electron chi connectivity index (χ3n) is 11.6. The number of nitrogens with one attached hydrogen (secondary N) is 1. The standard InChI is InChI=1S/C43H44F3N9O4/c44-34-7-6-29(23-37-31-4-1-2-5-32(31)41(57)50-49-37)22-33(34)42(58)55-20-18-53(19-21-55)38(56)27-52-16-14-51(15-17-52)26-28-8-12-54(13-9-28)43(59)39-35(45)24-30(25-36(39)46)40-47-10-3-11-48-40/h1-7,10-11,22,24-25,28H,8-9,12-21,23,26-27H2,(H,50,57). The van der Waals surface area contributed by atoms with Crippen molar-refractivity contribution in [3.63, 3.8) is 0 Å². The summed E-state index contributed by atoms with van der Waals surface area (Å²) < 4.78 is 45.0. The number of hydrogen-bond donors (Lipinski definition) is 1. The Bertz CT molecular complexity index is 2390. The van der Waals surface area contributed by atoms with E-state index in [2.05, 4.69) is 30.0 Å². The van der Waals surface area contributed by atoms with Crippen LogP contribution in [0, 0.1) is 23.4 Å². The lowest BCUT2D eigenvalue weighted by Crippen LogP contribution is -2.55. The van der Waals surface area contributed by atoms with Gasteiger partial charge >= 0.3 is 0 Å². The summed E-state index contributed by atoms with van der Waals surface area (Å²) in [7, 11) is 0. The fraction of sp³-hybridized carbons (Fsp3) is 0.372. The second-order valence-corrected chi connectivity index (χ2v) is 15.4. The van der Waals surface area contributed by atoms with Crippen LogP contribution in [0.4, 0.5) is 13.2 Å². The first-order valence-electron chi connectivity index (χ1n) is 19.9. The maximum Gasteiger partial charge on any atom is 0.272 e. The Kier molecular flexibility index (Phi) is 11.8. The van der Waals surface area contributed by atoms with Crippen molar-refractivity contribution in [2.45, 2.75) is 19.3 Å². The van der Waals surface area contributed by atoms with Crippen molar-refractivity contribution >= 4 is 28.5 Å². The van der Waals surface area contributed by atoms with E-state index in [0.717, 1.165) is 57.7 Å². The molecule has 0 saturated carbocycles. The Labute approximate surface area is 338 Å². The van der Waals surface area contributed by atoms with E-state index in [4.69, 9.17) is 0 Å². The van der Waals surface area contributed by atoms with Gasteiger partial charge in [-0.05, 0) is 60.7 Å². The highest BCUT2D eigenvalue weighted by Gasteiger charge is 2.31. The molecule has 16 heteroatoms. The molecule has 5 aromatic rings. The molecule has 3 aliphatic rings. The summed E-state index contributed by atoms with van der Waals surface area (Å²) >= 11 is 0. The fourth-order valence-corrected chi connectivity index (χ4v) is 8.29. The number of carbonyl (C=O) groups excluding carboxylic acids is 3. The van der Waals surface area contributed by atoms with Gasteiger partial charge in [0.25, 0.3) is 17.4 Å². The Balaban J connectivity index is 0.765. The maximum atomic E-state index is 15.0. The topological polar surface area (TPSA) is 139 Å². The zero-order valence-electron chi connectivity index (χ0n) is 32.5. The van der Waals surface area contributed by atoms with E-state index in [1.807, 2.05) is 12.1 Å². The molecule has 3 fully saturated rings. The van der Waals surface area contributed by atoms with E-state index in [9.17, 15) is 23.6 Å². The van der Waals surface area contributed by atoms with Gasteiger partial charge in [-0.1, -0.05) is 24.3 Å². The van der Waals surface area contributed by atoms with Crippen LogP contribution >= 0.6 is 0 Å². The van der Waals surface area contributed by atoms with Crippen LogP contribution in [0.5, 0.6) is 0 Å². The fourth-order valence-electron chi connectivity index (χ4n) is 8.29. The largest absolute Gasteiger partial charge is 0.338 e. The van der Waals surface area contributed by atoms with E-state index >= 15 is 8.78 Å². The van der Waals surface area contributed by atoms with Crippen LogP contribution in [0.15, 0.2) is 77.9 Å². The van der Waals surface area contributed by atoms with E-state index in [0.29, 0.717) is 73.6 Å². The summed E-state index contributed by atoms with van der Waals surface area (Å²) in [5.41, 5.74) is 0.563. The highest BCUT2D eigenvalue weighted by Crippen LogP contribution is 2.26. The van der Waals surface area contributed by atoms with Crippen molar-refractivity contribution in [2.75, 3.05) is 78.5 Å². The molecule has 306 valence electrons. The zero-order chi connectivity index (χ0) is 41.0. The van der Waals surface area contributed by atoms with Crippen LogP contribution in [-0.2, 0) is 11.2 Å². The van der Waals surface area contributed by atoms with Crippen LogP contribution < -0.4 is 5.56 Å². The van der Waals surface area contributed by atoms with Gasteiger partial charge in [-0.3, -0.25) is 24.1 Å². The third-order valence-corrected chi connectivity index (χ3v) is 11.6. The van der Waals surface area contributed by atoms with Crippen LogP contribution in [-0.4, -0.2) is 141 Å². The van der Waals surface area contributed by atoms with Gasteiger partial charge in [-0.2, -0.15) is 5.10 Å². The summed E-state index contributed by atoms with van der Waals surface area (Å²) in [6.07, 6.45) is 4.70. The number of aromatic amines is 1. The number of piperazine rings is 2. The van der Waals surface area contributed by atoms with E-state index < -0.39 is 34.8 Å². The van der Waals surface area contributed by atoms with Gasteiger partial charge in [0.2, 0.25) is 5.91 Å². The molecular formula is C43H44F3N9O4. The predicted molar refractivity (Wildman–Crippen MR) is 213 cm³/mol. The van der Waals surface area contributed by atoms with Gasteiger partial charge < -0.3 is 19.6 Å². The Morgan fingerprint density at radius 3 is 2.00 bits per heavy atom. The molecule has 13 nitrogen and oxygen atoms in total. The number of carbonyl (C=O) groups is 3. The van der Waals surface area contributed by atoms with Gasteiger partial charge in [0.05, 0.1) is 23.2 Å². The van der Waals surface area contributed by atoms with Gasteiger partial charge in [0.1, 0.15) is 23.0 Å². The number of likely N-dealkylation sites (tertiary alicyclic amines) is 1. The monoisotopic (exact) mass is 807 g/mol. The Hall–Kier alpha value is -6.00. The lowest BCUT2D eigenvalue weighted by Gasteiger charge is -2.40. The summed E-state index contributed by atoms with van der Waals surface area (Å²) in [6, 6.07) is 15.3. The van der Waals surface area contributed by atoms with Crippen LogP contribution in [0.25, 0.3) is 22.2 Å².